The highest BCUT2D eigenvalue weighted by atomic mass is 15.2. The molecule has 0 bridgehead atoms. The standard InChI is InChI=1S/C18H26N4/c1-15-6-10-21(11-7-15)13-16-4-3-9-22(14-16)18-17(12-19)5-2-8-20-18/h2,5,8,15-16H,3-4,6-7,9-11,13-14H2,1H3. The molecule has 22 heavy (non-hydrogen) atoms. The summed E-state index contributed by atoms with van der Waals surface area (Å²) in [6, 6.07) is 6.00. The molecule has 2 aliphatic heterocycles. The molecule has 0 radical (unpaired) electrons. The number of nitriles is 1. The van der Waals surface area contributed by atoms with Crippen LogP contribution in [0.3, 0.4) is 0 Å². The van der Waals surface area contributed by atoms with E-state index in [0.29, 0.717) is 11.5 Å². The summed E-state index contributed by atoms with van der Waals surface area (Å²) >= 11 is 0. The number of likely N-dealkylation sites (tertiary alicyclic amines) is 1. The van der Waals surface area contributed by atoms with Gasteiger partial charge >= 0.3 is 0 Å². The molecule has 0 spiro atoms. The van der Waals surface area contributed by atoms with Crippen molar-refractivity contribution >= 4 is 5.82 Å². The van der Waals surface area contributed by atoms with Crippen LogP contribution in [0, 0.1) is 23.2 Å². The van der Waals surface area contributed by atoms with Crippen LogP contribution in [0.2, 0.25) is 0 Å². The molecule has 1 atom stereocenters. The lowest BCUT2D eigenvalue weighted by molar-refractivity contribution is 0.159. The van der Waals surface area contributed by atoms with Crippen molar-refractivity contribution in [3.8, 4) is 6.07 Å². The first-order chi connectivity index (χ1) is 10.8. The predicted octanol–water partition coefficient (Wildman–Crippen LogP) is 2.90. The molecule has 0 amide bonds. The van der Waals surface area contributed by atoms with Gasteiger partial charge in [-0.1, -0.05) is 6.92 Å². The number of aromatic nitrogens is 1. The van der Waals surface area contributed by atoms with Crippen molar-refractivity contribution in [2.75, 3.05) is 37.6 Å². The monoisotopic (exact) mass is 298 g/mol. The number of nitrogens with zero attached hydrogens (tertiary/aromatic N) is 4. The number of hydrogen-bond acceptors (Lipinski definition) is 4. The third kappa shape index (κ3) is 3.59. The summed E-state index contributed by atoms with van der Waals surface area (Å²) in [5.41, 5.74) is 0.704. The van der Waals surface area contributed by atoms with Gasteiger partial charge in [0, 0.05) is 25.8 Å². The molecule has 1 unspecified atom stereocenters. The van der Waals surface area contributed by atoms with Crippen LogP contribution in [0.4, 0.5) is 5.82 Å². The Morgan fingerprint density at radius 1 is 1.27 bits per heavy atom. The van der Waals surface area contributed by atoms with E-state index in [1.807, 2.05) is 12.1 Å². The van der Waals surface area contributed by atoms with E-state index in [1.165, 1.54) is 45.3 Å². The minimum absolute atomic E-state index is 0.704. The Labute approximate surface area is 133 Å². The number of pyridine rings is 1. The Morgan fingerprint density at radius 3 is 2.86 bits per heavy atom. The lowest BCUT2D eigenvalue weighted by atomic mass is 9.94. The molecule has 0 saturated carbocycles. The second-order valence-electron chi connectivity index (χ2n) is 6.92. The van der Waals surface area contributed by atoms with Crippen LogP contribution in [0.5, 0.6) is 0 Å². The molecule has 4 heteroatoms. The van der Waals surface area contributed by atoms with Gasteiger partial charge in [0.05, 0.1) is 5.56 Å². The summed E-state index contributed by atoms with van der Waals surface area (Å²) in [5, 5.41) is 9.28. The summed E-state index contributed by atoms with van der Waals surface area (Å²) in [4.78, 5) is 9.41. The first kappa shape index (κ1) is 15.3. The van der Waals surface area contributed by atoms with Crippen LogP contribution >= 0.6 is 0 Å². The molecule has 3 rings (SSSR count). The second-order valence-corrected chi connectivity index (χ2v) is 6.92. The average Bonchev–Trinajstić information content (AvgIpc) is 2.57. The topological polar surface area (TPSA) is 43.2 Å². The van der Waals surface area contributed by atoms with E-state index in [1.54, 1.807) is 6.20 Å². The van der Waals surface area contributed by atoms with Gasteiger partial charge in [0.2, 0.25) is 0 Å². The van der Waals surface area contributed by atoms with Gasteiger partial charge in [-0.2, -0.15) is 5.26 Å². The summed E-state index contributed by atoms with van der Waals surface area (Å²) in [6.45, 7) is 8.15. The minimum Gasteiger partial charge on any atom is -0.355 e. The highest BCUT2D eigenvalue weighted by molar-refractivity contribution is 5.53. The third-order valence-electron chi connectivity index (χ3n) is 5.12. The summed E-state index contributed by atoms with van der Waals surface area (Å²) < 4.78 is 0. The normalized spacial score (nSPS) is 24.2. The van der Waals surface area contributed by atoms with E-state index in [9.17, 15) is 5.26 Å². The van der Waals surface area contributed by atoms with E-state index in [-0.39, 0.29) is 0 Å². The Hall–Kier alpha value is -1.60. The number of anilines is 1. The summed E-state index contributed by atoms with van der Waals surface area (Å²) in [5.74, 6) is 2.48. The van der Waals surface area contributed by atoms with E-state index in [0.717, 1.165) is 24.8 Å². The van der Waals surface area contributed by atoms with Crippen molar-refractivity contribution in [2.24, 2.45) is 11.8 Å². The molecule has 1 aromatic heterocycles. The van der Waals surface area contributed by atoms with Crippen LogP contribution in [-0.4, -0.2) is 42.6 Å². The summed E-state index contributed by atoms with van der Waals surface area (Å²) in [7, 11) is 0. The van der Waals surface area contributed by atoms with E-state index >= 15 is 0 Å². The smallest absolute Gasteiger partial charge is 0.146 e. The van der Waals surface area contributed by atoms with Crippen molar-refractivity contribution in [1.29, 1.82) is 5.26 Å². The molecule has 4 nitrogen and oxygen atoms in total. The molecule has 3 heterocycles. The first-order valence-electron chi connectivity index (χ1n) is 8.58. The Balaban J connectivity index is 1.61. The lowest BCUT2D eigenvalue weighted by Crippen LogP contribution is -2.43. The van der Waals surface area contributed by atoms with Gasteiger partial charge in [0.1, 0.15) is 11.9 Å². The fraction of sp³-hybridized carbons (Fsp3) is 0.667. The van der Waals surface area contributed by atoms with Gasteiger partial charge in [-0.25, -0.2) is 4.98 Å². The predicted molar refractivity (Wildman–Crippen MR) is 88.7 cm³/mol. The number of piperidine rings is 2. The maximum Gasteiger partial charge on any atom is 0.146 e. The largest absolute Gasteiger partial charge is 0.355 e. The quantitative estimate of drug-likeness (QED) is 0.860. The molecule has 0 aromatic carbocycles. The zero-order valence-electron chi connectivity index (χ0n) is 13.5. The van der Waals surface area contributed by atoms with Crippen molar-refractivity contribution in [3.63, 3.8) is 0 Å². The van der Waals surface area contributed by atoms with Gasteiger partial charge in [0.15, 0.2) is 0 Å². The molecular weight excluding hydrogens is 272 g/mol. The van der Waals surface area contributed by atoms with Gasteiger partial charge in [-0.3, -0.25) is 0 Å². The minimum atomic E-state index is 0.704. The van der Waals surface area contributed by atoms with Gasteiger partial charge in [0.25, 0.3) is 0 Å². The van der Waals surface area contributed by atoms with Gasteiger partial charge in [-0.15, -0.1) is 0 Å². The molecule has 118 valence electrons. The van der Waals surface area contributed by atoms with E-state index in [2.05, 4.69) is 27.8 Å². The van der Waals surface area contributed by atoms with Crippen LogP contribution in [-0.2, 0) is 0 Å². The lowest BCUT2D eigenvalue weighted by Gasteiger charge is -2.38. The van der Waals surface area contributed by atoms with Gasteiger partial charge in [-0.05, 0) is 62.7 Å². The SMILES string of the molecule is CC1CCN(CC2CCCN(c3ncccc3C#N)C2)CC1. The molecule has 2 aliphatic rings. The highest BCUT2D eigenvalue weighted by Crippen LogP contribution is 2.26. The molecule has 0 aliphatic carbocycles. The molecule has 0 N–H and O–H groups in total. The van der Waals surface area contributed by atoms with Crippen LogP contribution in [0.25, 0.3) is 0 Å². The third-order valence-corrected chi connectivity index (χ3v) is 5.12. The average molecular weight is 298 g/mol. The maximum atomic E-state index is 9.28. The van der Waals surface area contributed by atoms with E-state index in [4.69, 9.17) is 0 Å². The zero-order valence-corrected chi connectivity index (χ0v) is 13.5. The molecule has 2 saturated heterocycles. The van der Waals surface area contributed by atoms with Crippen molar-refractivity contribution in [1.82, 2.24) is 9.88 Å². The number of rotatable bonds is 3. The Bertz CT molecular complexity index is 528. The molecular formula is C18H26N4. The fourth-order valence-electron chi connectivity index (χ4n) is 3.75. The maximum absolute atomic E-state index is 9.28. The van der Waals surface area contributed by atoms with Crippen molar-refractivity contribution < 1.29 is 0 Å². The van der Waals surface area contributed by atoms with Crippen molar-refractivity contribution in [3.05, 3.63) is 23.9 Å². The number of hydrogen-bond donors (Lipinski definition) is 0. The van der Waals surface area contributed by atoms with Crippen LogP contribution in [0.15, 0.2) is 18.3 Å². The van der Waals surface area contributed by atoms with Crippen LogP contribution < -0.4 is 4.90 Å². The fourth-order valence-corrected chi connectivity index (χ4v) is 3.75. The molecule has 2 fully saturated rings. The van der Waals surface area contributed by atoms with Crippen LogP contribution in [0.1, 0.15) is 38.2 Å². The highest BCUT2D eigenvalue weighted by Gasteiger charge is 2.25. The Kier molecular flexibility index (Phi) is 4.94. The summed E-state index contributed by atoms with van der Waals surface area (Å²) in [6.07, 6.45) is 6.99. The first-order valence-corrected chi connectivity index (χ1v) is 8.58. The Morgan fingerprint density at radius 2 is 2.09 bits per heavy atom. The van der Waals surface area contributed by atoms with Crippen molar-refractivity contribution in [2.45, 2.75) is 32.6 Å². The van der Waals surface area contributed by atoms with E-state index < -0.39 is 0 Å². The molecule has 1 aromatic rings. The van der Waals surface area contributed by atoms with Gasteiger partial charge < -0.3 is 9.80 Å². The second kappa shape index (κ2) is 7.11. The zero-order chi connectivity index (χ0) is 15.4.